The number of benzene rings is 1. The number of anilines is 1. The van der Waals surface area contributed by atoms with Crippen LogP contribution in [0.2, 0.25) is 0 Å². The van der Waals surface area contributed by atoms with Gasteiger partial charge in [-0.1, -0.05) is 43.5 Å². The minimum atomic E-state index is 0.443. The number of nitrogens with two attached hydrogens (primary N) is 1. The number of nitrogens with zero attached hydrogens (tertiary/aromatic N) is 1. The summed E-state index contributed by atoms with van der Waals surface area (Å²) >= 11 is 0. The van der Waals surface area contributed by atoms with Crippen LogP contribution in [0.1, 0.15) is 49.1 Å². The van der Waals surface area contributed by atoms with Crippen molar-refractivity contribution >= 4 is 5.82 Å². The van der Waals surface area contributed by atoms with Crippen LogP contribution in [0.3, 0.4) is 0 Å². The highest BCUT2D eigenvalue weighted by Gasteiger charge is 2.15. The lowest BCUT2D eigenvalue weighted by molar-refractivity contribution is 0.443. The highest BCUT2D eigenvalue weighted by Crippen LogP contribution is 2.33. The second kappa shape index (κ2) is 5.42. The smallest absolute Gasteiger partial charge is 0.119 e. The summed E-state index contributed by atoms with van der Waals surface area (Å²) in [4.78, 5) is 3.07. The first kappa shape index (κ1) is 12.8. The lowest BCUT2D eigenvalue weighted by Gasteiger charge is -2.22. The van der Waals surface area contributed by atoms with Crippen molar-refractivity contribution in [3.05, 3.63) is 41.5 Å². The molecule has 3 nitrogen and oxygen atoms in total. The zero-order valence-corrected chi connectivity index (χ0v) is 11.5. The maximum atomic E-state index is 8.94. The predicted molar refractivity (Wildman–Crippen MR) is 81.2 cm³/mol. The van der Waals surface area contributed by atoms with Crippen LogP contribution in [0, 0.1) is 11.3 Å². The van der Waals surface area contributed by atoms with Gasteiger partial charge in [0.25, 0.3) is 0 Å². The van der Waals surface area contributed by atoms with E-state index in [-0.39, 0.29) is 0 Å². The number of hydrogen-bond donors (Lipinski definition) is 2. The standard InChI is InChI=1S/C17H19N3/c18-11-15-10-16(20-17(15)19)14-8-6-13(7-9-14)12-4-2-1-3-5-12/h6-10,12,20H,1-5,19H2. The molecule has 1 aromatic carbocycles. The normalized spacial score (nSPS) is 15.9. The molecule has 3 rings (SSSR count). The van der Waals surface area contributed by atoms with E-state index < -0.39 is 0 Å². The fraction of sp³-hybridized carbons (Fsp3) is 0.353. The third-order valence-electron chi connectivity index (χ3n) is 4.27. The molecule has 3 heteroatoms. The molecule has 1 fully saturated rings. The molecular weight excluding hydrogens is 246 g/mol. The van der Waals surface area contributed by atoms with Crippen LogP contribution in [-0.4, -0.2) is 4.98 Å². The molecule has 102 valence electrons. The average molecular weight is 265 g/mol. The number of hydrogen-bond acceptors (Lipinski definition) is 2. The van der Waals surface area contributed by atoms with Gasteiger partial charge in [0.1, 0.15) is 11.9 Å². The molecule has 0 atom stereocenters. The number of H-pyrrole nitrogens is 1. The topological polar surface area (TPSA) is 65.6 Å². The first-order valence-electron chi connectivity index (χ1n) is 7.27. The van der Waals surface area contributed by atoms with E-state index in [1.54, 1.807) is 0 Å². The van der Waals surface area contributed by atoms with Crippen molar-refractivity contribution in [1.29, 1.82) is 5.26 Å². The maximum Gasteiger partial charge on any atom is 0.119 e. The number of aromatic amines is 1. The lowest BCUT2D eigenvalue weighted by Crippen LogP contribution is -2.04. The molecule has 0 radical (unpaired) electrons. The van der Waals surface area contributed by atoms with E-state index in [0.717, 1.165) is 17.2 Å². The minimum Gasteiger partial charge on any atom is -0.384 e. The number of nitriles is 1. The van der Waals surface area contributed by atoms with Gasteiger partial charge in [0.05, 0.1) is 5.56 Å². The van der Waals surface area contributed by atoms with Crippen LogP contribution in [0.15, 0.2) is 30.3 Å². The van der Waals surface area contributed by atoms with E-state index >= 15 is 0 Å². The van der Waals surface area contributed by atoms with Crippen LogP contribution < -0.4 is 5.73 Å². The molecule has 1 saturated carbocycles. The third kappa shape index (κ3) is 2.42. The molecule has 0 unspecified atom stereocenters. The van der Waals surface area contributed by atoms with Gasteiger partial charge in [0, 0.05) is 5.69 Å². The van der Waals surface area contributed by atoms with Crippen LogP contribution >= 0.6 is 0 Å². The van der Waals surface area contributed by atoms with Crippen LogP contribution in [0.5, 0.6) is 0 Å². The van der Waals surface area contributed by atoms with Gasteiger partial charge in [-0.25, -0.2) is 0 Å². The van der Waals surface area contributed by atoms with E-state index in [4.69, 9.17) is 11.0 Å². The Bertz CT molecular complexity index is 625. The molecule has 20 heavy (non-hydrogen) atoms. The fourth-order valence-electron chi connectivity index (χ4n) is 3.09. The zero-order valence-electron chi connectivity index (χ0n) is 11.5. The van der Waals surface area contributed by atoms with Crippen molar-refractivity contribution in [2.45, 2.75) is 38.0 Å². The van der Waals surface area contributed by atoms with Crippen molar-refractivity contribution in [2.24, 2.45) is 0 Å². The number of rotatable bonds is 2. The number of nitrogens with one attached hydrogen (secondary N) is 1. The molecule has 0 amide bonds. The van der Waals surface area contributed by atoms with Gasteiger partial charge in [-0.3, -0.25) is 0 Å². The first-order chi connectivity index (χ1) is 9.78. The molecule has 0 spiro atoms. The van der Waals surface area contributed by atoms with Gasteiger partial charge in [0.15, 0.2) is 0 Å². The van der Waals surface area contributed by atoms with Gasteiger partial charge < -0.3 is 10.7 Å². The van der Waals surface area contributed by atoms with Crippen molar-refractivity contribution < 1.29 is 0 Å². The predicted octanol–water partition coefficient (Wildman–Crippen LogP) is 4.18. The average Bonchev–Trinajstić information content (AvgIpc) is 2.89. The van der Waals surface area contributed by atoms with Crippen LogP contribution in [-0.2, 0) is 0 Å². The summed E-state index contributed by atoms with van der Waals surface area (Å²) in [6.45, 7) is 0. The Morgan fingerprint density at radius 2 is 1.80 bits per heavy atom. The number of aromatic nitrogens is 1. The maximum absolute atomic E-state index is 8.94. The van der Waals surface area contributed by atoms with Crippen LogP contribution in [0.25, 0.3) is 11.3 Å². The minimum absolute atomic E-state index is 0.443. The van der Waals surface area contributed by atoms with Crippen LogP contribution in [0.4, 0.5) is 5.82 Å². The Hall–Kier alpha value is -2.21. The summed E-state index contributed by atoms with van der Waals surface area (Å²) in [6.07, 6.45) is 6.71. The molecule has 0 aliphatic heterocycles. The summed E-state index contributed by atoms with van der Waals surface area (Å²) in [5, 5.41) is 8.94. The summed E-state index contributed by atoms with van der Waals surface area (Å²) < 4.78 is 0. The van der Waals surface area contributed by atoms with Gasteiger partial charge in [-0.15, -0.1) is 0 Å². The van der Waals surface area contributed by atoms with Gasteiger partial charge in [-0.05, 0) is 36.0 Å². The highest BCUT2D eigenvalue weighted by molar-refractivity contribution is 5.67. The molecule has 1 aromatic heterocycles. The third-order valence-corrected chi connectivity index (χ3v) is 4.27. The van der Waals surface area contributed by atoms with E-state index in [0.29, 0.717) is 11.4 Å². The summed E-state index contributed by atoms with van der Waals surface area (Å²) in [5.41, 5.74) is 9.70. The molecule has 1 aliphatic rings. The summed E-state index contributed by atoms with van der Waals surface area (Å²) in [5.74, 6) is 1.17. The molecule has 1 aliphatic carbocycles. The fourth-order valence-corrected chi connectivity index (χ4v) is 3.09. The van der Waals surface area contributed by atoms with Crippen molar-refractivity contribution in [3.63, 3.8) is 0 Å². The first-order valence-corrected chi connectivity index (χ1v) is 7.27. The molecule has 1 heterocycles. The highest BCUT2D eigenvalue weighted by atomic mass is 14.9. The SMILES string of the molecule is N#Cc1cc(-c2ccc(C3CCCCC3)cc2)[nH]c1N. The Labute approximate surface area is 119 Å². The molecule has 2 aromatic rings. The summed E-state index contributed by atoms with van der Waals surface area (Å²) in [7, 11) is 0. The lowest BCUT2D eigenvalue weighted by atomic mass is 9.84. The quantitative estimate of drug-likeness (QED) is 0.855. The Morgan fingerprint density at radius 1 is 1.10 bits per heavy atom. The Balaban J connectivity index is 1.83. The number of nitrogen functional groups attached to an aromatic ring is 1. The Kier molecular flexibility index (Phi) is 3.47. The van der Waals surface area contributed by atoms with Gasteiger partial charge >= 0.3 is 0 Å². The second-order valence-corrected chi connectivity index (χ2v) is 5.58. The van der Waals surface area contributed by atoms with Gasteiger partial charge in [0.2, 0.25) is 0 Å². The second-order valence-electron chi connectivity index (χ2n) is 5.58. The zero-order chi connectivity index (χ0) is 13.9. The van der Waals surface area contributed by atoms with Gasteiger partial charge in [-0.2, -0.15) is 5.26 Å². The van der Waals surface area contributed by atoms with Crippen molar-refractivity contribution in [2.75, 3.05) is 5.73 Å². The Morgan fingerprint density at radius 3 is 2.40 bits per heavy atom. The van der Waals surface area contributed by atoms with E-state index in [9.17, 15) is 0 Å². The van der Waals surface area contributed by atoms with Crippen molar-refractivity contribution in [3.8, 4) is 17.3 Å². The van der Waals surface area contributed by atoms with E-state index in [2.05, 4.69) is 35.3 Å². The monoisotopic (exact) mass is 265 g/mol. The molecule has 0 bridgehead atoms. The molecular formula is C17H19N3. The van der Waals surface area contributed by atoms with E-state index in [1.165, 1.54) is 37.7 Å². The largest absolute Gasteiger partial charge is 0.384 e. The van der Waals surface area contributed by atoms with E-state index in [1.807, 2.05) is 6.07 Å². The van der Waals surface area contributed by atoms with Crippen molar-refractivity contribution in [1.82, 2.24) is 4.98 Å². The summed E-state index contributed by atoms with van der Waals surface area (Å²) in [6, 6.07) is 12.6. The molecule has 3 N–H and O–H groups in total. The molecule has 0 saturated heterocycles.